The SMILES string of the molecule is Cc1ccc2c(c1)CCCN2c1cc(Cl)nc(C2CC2)n1. The summed E-state index contributed by atoms with van der Waals surface area (Å²) < 4.78 is 0. The third kappa shape index (κ3) is 2.51. The van der Waals surface area contributed by atoms with Crippen molar-refractivity contribution in [2.24, 2.45) is 0 Å². The van der Waals surface area contributed by atoms with Crippen LogP contribution in [0.2, 0.25) is 5.15 Å². The molecule has 4 rings (SSSR count). The predicted molar refractivity (Wildman–Crippen MR) is 85.5 cm³/mol. The molecule has 21 heavy (non-hydrogen) atoms. The van der Waals surface area contributed by atoms with E-state index in [1.54, 1.807) is 0 Å². The van der Waals surface area contributed by atoms with Gasteiger partial charge in [-0.1, -0.05) is 29.3 Å². The summed E-state index contributed by atoms with van der Waals surface area (Å²) in [6, 6.07) is 8.55. The summed E-state index contributed by atoms with van der Waals surface area (Å²) in [5.74, 6) is 2.38. The van der Waals surface area contributed by atoms with Crippen LogP contribution in [0.5, 0.6) is 0 Å². The minimum atomic E-state index is 0.518. The van der Waals surface area contributed by atoms with E-state index in [1.807, 2.05) is 6.07 Å². The van der Waals surface area contributed by atoms with Gasteiger partial charge in [0.05, 0.1) is 0 Å². The van der Waals surface area contributed by atoms with Crippen molar-refractivity contribution in [1.29, 1.82) is 0 Å². The molecule has 0 saturated heterocycles. The monoisotopic (exact) mass is 299 g/mol. The standard InChI is InChI=1S/C17H18ClN3/c1-11-4-7-14-13(9-11)3-2-8-21(14)16-10-15(18)19-17(20-16)12-5-6-12/h4,7,9-10,12H,2-3,5-6,8H2,1H3. The highest BCUT2D eigenvalue weighted by Crippen LogP contribution is 2.40. The van der Waals surface area contributed by atoms with E-state index in [4.69, 9.17) is 16.6 Å². The number of halogens is 1. The van der Waals surface area contributed by atoms with Gasteiger partial charge in [-0.2, -0.15) is 0 Å². The summed E-state index contributed by atoms with van der Waals surface area (Å²) in [6.07, 6.45) is 4.67. The Kier molecular flexibility index (Phi) is 3.11. The molecular weight excluding hydrogens is 282 g/mol. The third-order valence-corrected chi connectivity index (χ3v) is 4.46. The first-order valence-electron chi connectivity index (χ1n) is 7.62. The lowest BCUT2D eigenvalue weighted by atomic mass is 9.99. The van der Waals surface area contributed by atoms with Crippen molar-refractivity contribution in [1.82, 2.24) is 9.97 Å². The Morgan fingerprint density at radius 3 is 2.86 bits per heavy atom. The molecular formula is C17H18ClN3. The summed E-state index contributed by atoms with van der Waals surface area (Å²) in [7, 11) is 0. The molecule has 2 aliphatic rings. The van der Waals surface area contributed by atoms with Gasteiger partial charge < -0.3 is 4.90 Å². The Bertz CT molecular complexity index is 694. The zero-order chi connectivity index (χ0) is 14.4. The lowest BCUT2D eigenvalue weighted by Gasteiger charge is -2.31. The van der Waals surface area contributed by atoms with Crippen LogP contribution in [-0.4, -0.2) is 16.5 Å². The Labute approximate surface area is 130 Å². The van der Waals surface area contributed by atoms with E-state index in [0.29, 0.717) is 11.1 Å². The molecule has 2 aromatic rings. The number of rotatable bonds is 2. The molecule has 0 N–H and O–H groups in total. The first-order valence-corrected chi connectivity index (χ1v) is 8.00. The molecule has 1 fully saturated rings. The van der Waals surface area contributed by atoms with Gasteiger partial charge in [-0.25, -0.2) is 9.97 Å². The van der Waals surface area contributed by atoms with Crippen LogP contribution in [0.1, 0.15) is 42.1 Å². The van der Waals surface area contributed by atoms with Crippen molar-refractivity contribution in [3.8, 4) is 0 Å². The van der Waals surface area contributed by atoms with Crippen molar-refractivity contribution in [2.45, 2.75) is 38.5 Å². The van der Waals surface area contributed by atoms with Crippen LogP contribution < -0.4 is 4.90 Å². The normalized spacial score (nSPS) is 17.7. The number of aromatic nitrogens is 2. The Balaban J connectivity index is 1.77. The maximum Gasteiger partial charge on any atom is 0.138 e. The van der Waals surface area contributed by atoms with E-state index in [2.05, 4.69) is 35.0 Å². The summed E-state index contributed by atoms with van der Waals surface area (Å²) in [6.45, 7) is 3.14. The van der Waals surface area contributed by atoms with Gasteiger partial charge in [-0.3, -0.25) is 0 Å². The van der Waals surface area contributed by atoms with Crippen LogP contribution in [0.15, 0.2) is 24.3 Å². The van der Waals surface area contributed by atoms with Crippen LogP contribution in [0, 0.1) is 6.92 Å². The summed E-state index contributed by atoms with van der Waals surface area (Å²) in [4.78, 5) is 11.4. The van der Waals surface area contributed by atoms with Gasteiger partial charge in [0.1, 0.15) is 16.8 Å². The summed E-state index contributed by atoms with van der Waals surface area (Å²) in [5.41, 5.74) is 3.99. The van der Waals surface area contributed by atoms with Crippen molar-refractivity contribution in [3.63, 3.8) is 0 Å². The highest BCUT2D eigenvalue weighted by atomic mass is 35.5. The summed E-state index contributed by atoms with van der Waals surface area (Å²) >= 11 is 6.22. The van der Waals surface area contributed by atoms with Crippen LogP contribution in [0.25, 0.3) is 0 Å². The van der Waals surface area contributed by atoms with E-state index in [1.165, 1.54) is 29.7 Å². The highest BCUT2D eigenvalue weighted by molar-refractivity contribution is 6.29. The van der Waals surface area contributed by atoms with Crippen molar-refractivity contribution in [3.05, 3.63) is 46.4 Å². The van der Waals surface area contributed by atoms with Gasteiger partial charge in [0.25, 0.3) is 0 Å². The lowest BCUT2D eigenvalue weighted by Crippen LogP contribution is -2.25. The van der Waals surface area contributed by atoms with Crippen molar-refractivity contribution < 1.29 is 0 Å². The molecule has 1 aliphatic heterocycles. The number of hydrogen-bond donors (Lipinski definition) is 0. The van der Waals surface area contributed by atoms with Gasteiger partial charge in [-0.15, -0.1) is 0 Å². The van der Waals surface area contributed by atoms with Crippen LogP contribution in [0.4, 0.5) is 11.5 Å². The zero-order valence-electron chi connectivity index (χ0n) is 12.1. The molecule has 1 aliphatic carbocycles. The van der Waals surface area contributed by atoms with Crippen LogP contribution in [-0.2, 0) is 6.42 Å². The molecule has 0 bridgehead atoms. The van der Waals surface area contributed by atoms with Gasteiger partial charge in [-0.05, 0) is 44.2 Å². The number of aryl methyl sites for hydroxylation is 2. The fourth-order valence-electron chi connectivity index (χ4n) is 3.05. The second-order valence-electron chi connectivity index (χ2n) is 6.07. The zero-order valence-corrected chi connectivity index (χ0v) is 12.9. The molecule has 0 radical (unpaired) electrons. The topological polar surface area (TPSA) is 29.0 Å². The van der Waals surface area contributed by atoms with E-state index in [9.17, 15) is 0 Å². The number of benzene rings is 1. The molecule has 0 unspecified atom stereocenters. The maximum absolute atomic E-state index is 6.22. The molecule has 108 valence electrons. The van der Waals surface area contributed by atoms with Gasteiger partial charge in [0.15, 0.2) is 0 Å². The molecule has 2 heterocycles. The molecule has 0 atom stereocenters. The largest absolute Gasteiger partial charge is 0.326 e. The van der Waals surface area contributed by atoms with Crippen LogP contribution >= 0.6 is 11.6 Å². The fraction of sp³-hybridized carbons (Fsp3) is 0.412. The van der Waals surface area contributed by atoms with Gasteiger partial charge in [0, 0.05) is 24.2 Å². The Morgan fingerprint density at radius 1 is 1.19 bits per heavy atom. The average Bonchev–Trinajstić information content (AvgIpc) is 3.30. The highest BCUT2D eigenvalue weighted by Gasteiger charge is 2.28. The van der Waals surface area contributed by atoms with Crippen molar-refractivity contribution in [2.75, 3.05) is 11.4 Å². The predicted octanol–water partition coefficient (Wildman–Crippen LogP) is 4.40. The van der Waals surface area contributed by atoms with Crippen LogP contribution in [0.3, 0.4) is 0 Å². The second kappa shape index (κ2) is 4.99. The third-order valence-electron chi connectivity index (χ3n) is 4.27. The first-order chi connectivity index (χ1) is 10.2. The number of anilines is 2. The molecule has 4 heteroatoms. The molecule has 1 aromatic carbocycles. The molecule has 3 nitrogen and oxygen atoms in total. The van der Waals surface area contributed by atoms with E-state index < -0.39 is 0 Å². The minimum absolute atomic E-state index is 0.518. The summed E-state index contributed by atoms with van der Waals surface area (Å²) in [5, 5.41) is 0.557. The Morgan fingerprint density at radius 2 is 2.05 bits per heavy atom. The number of fused-ring (bicyclic) bond motifs is 1. The molecule has 1 aromatic heterocycles. The van der Waals surface area contributed by atoms with Crippen molar-refractivity contribution >= 4 is 23.1 Å². The smallest absolute Gasteiger partial charge is 0.138 e. The van der Waals surface area contributed by atoms with Gasteiger partial charge >= 0.3 is 0 Å². The number of hydrogen-bond acceptors (Lipinski definition) is 3. The first kappa shape index (κ1) is 13.1. The fourth-order valence-corrected chi connectivity index (χ4v) is 3.23. The quantitative estimate of drug-likeness (QED) is 0.770. The van der Waals surface area contributed by atoms with E-state index in [0.717, 1.165) is 31.0 Å². The minimum Gasteiger partial charge on any atom is -0.326 e. The lowest BCUT2D eigenvalue weighted by molar-refractivity contribution is 0.753. The van der Waals surface area contributed by atoms with E-state index >= 15 is 0 Å². The number of nitrogens with zero attached hydrogens (tertiary/aromatic N) is 3. The van der Waals surface area contributed by atoms with E-state index in [-0.39, 0.29) is 0 Å². The second-order valence-corrected chi connectivity index (χ2v) is 6.46. The molecule has 1 saturated carbocycles. The molecule has 0 spiro atoms. The molecule has 0 amide bonds. The van der Waals surface area contributed by atoms with Gasteiger partial charge in [0.2, 0.25) is 0 Å². The Hall–Kier alpha value is -1.61. The average molecular weight is 300 g/mol. The maximum atomic E-state index is 6.22.